The zero-order chi connectivity index (χ0) is 28.2. The predicted molar refractivity (Wildman–Crippen MR) is 175 cm³/mol. The van der Waals surface area contributed by atoms with Gasteiger partial charge in [-0.15, -0.1) is 0 Å². The number of ether oxygens (including phenoxy) is 1. The van der Waals surface area contributed by atoms with Gasteiger partial charge in [-0.05, 0) is 81.2 Å². The molecule has 0 radical (unpaired) electrons. The van der Waals surface area contributed by atoms with Gasteiger partial charge >= 0.3 is 0 Å². The van der Waals surface area contributed by atoms with Crippen LogP contribution < -0.4 is 15.4 Å². The molecule has 2 aromatic rings. The topological polar surface area (TPSA) is 65.3 Å². The molecule has 0 saturated carbocycles. The lowest BCUT2D eigenvalue weighted by Gasteiger charge is -2.36. The molecule has 39 heavy (non-hydrogen) atoms. The minimum absolute atomic E-state index is 0.0832. The second-order valence-electron chi connectivity index (χ2n) is 9.81. The molecule has 11 heteroatoms. The van der Waals surface area contributed by atoms with Gasteiger partial charge in [-0.25, -0.2) is 0 Å². The molecular weight excluding hydrogens is 668 g/mol. The Labute approximate surface area is 262 Å². The van der Waals surface area contributed by atoms with Gasteiger partial charge in [0.05, 0.1) is 12.2 Å². The van der Waals surface area contributed by atoms with E-state index in [2.05, 4.69) is 40.3 Å². The first-order chi connectivity index (χ1) is 18.8. The SMILES string of the molecule is CN(C(=O)CN(CCI)c1cc(Cl)ccc1Oc1ccc(Cl)cc1)C1CCN(S)CC1.NCCN1CCCC1. The zero-order valence-corrected chi connectivity index (χ0v) is 27.1. The minimum Gasteiger partial charge on any atom is -0.455 e. The Morgan fingerprint density at radius 1 is 1.08 bits per heavy atom. The van der Waals surface area contributed by atoms with Crippen molar-refractivity contribution in [1.82, 2.24) is 14.1 Å². The number of anilines is 1. The van der Waals surface area contributed by atoms with Crippen molar-refractivity contribution >= 4 is 70.2 Å². The molecule has 7 nitrogen and oxygen atoms in total. The number of piperidine rings is 1. The van der Waals surface area contributed by atoms with Crippen LogP contribution in [-0.2, 0) is 4.79 Å². The summed E-state index contributed by atoms with van der Waals surface area (Å²) in [5.74, 6) is 1.40. The maximum Gasteiger partial charge on any atom is 0.242 e. The highest BCUT2D eigenvalue weighted by Gasteiger charge is 2.26. The van der Waals surface area contributed by atoms with Gasteiger partial charge in [-0.2, -0.15) is 0 Å². The van der Waals surface area contributed by atoms with E-state index in [1.165, 1.54) is 25.9 Å². The number of alkyl halides is 1. The lowest BCUT2D eigenvalue weighted by molar-refractivity contribution is -0.131. The normalized spacial score (nSPS) is 16.5. The highest BCUT2D eigenvalue weighted by atomic mass is 127. The van der Waals surface area contributed by atoms with Crippen LogP contribution in [0, 0.1) is 0 Å². The summed E-state index contributed by atoms with van der Waals surface area (Å²) in [5, 5.41) is 1.24. The lowest BCUT2D eigenvalue weighted by Crippen LogP contribution is -2.47. The van der Waals surface area contributed by atoms with Gasteiger partial charge in [-0.3, -0.25) is 9.10 Å². The summed E-state index contributed by atoms with van der Waals surface area (Å²) in [6.45, 7) is 7.20. The number of amides is 1. The average Bonchev–Trinajstić information content (AvgIpc) is 3.45. The summed E-state index contributed by atoms with van der Waals surface area (Å²) in [5.41, 5.74) is 6.16. The third kappa shape index (κ3) is 10.8. The van der Waals surface area contributed by atoms with E-state index in [-0.39, 0.29) is 18.5 Å². The summed E-state index contributed by atoms with van der Waals surface area (Å²) in [4.78, 5) is 19.5. The van der Waals surface area contributed by atoms with Crippen molar-refractivity contribution in [3.63, 3.8) is 0 Å². The number of nitrogens with zero attached hydrogens (tertiary/aromatic N) is 4. The molecule has 2 N–H and O–H groups in total. The van der Waals surface area contributed by atoms with Crippen LogP contribution in [0.15, 0.2) is 42.5 Å². The largest absolute Gasteiger partial charge is 0.455 e. The molecule has 2 heterocycles. The molecule has 2 fully saturated rings. The fourth-order valence-electron chi connectivity index (χ4n) is 4.75. The molecule has 4 rings (SSSR count). The van der Waals surface area contributed by atoms with Gasteiger partial charge in [0.2, 0.25) is 5.91 Å². The molecule has 2 aromatic carbocycles. The molecule has 1 amide bonds. The van der Waals surface area contributed by atoms with Crippen molar-refractivity contribution in [2.45, 2.75) is 31.7 Å². The number of hydrogen-bond donors (Lipinski definition) is 2. The Morgan fingerprint density at radius 2 is 1.72 bits per heavy atom. The highest BCUT2D eigenvalue weighted by Crippen LogP contribution is 2.35. The van der Waals surface area contributed by atoms with E-state index in [9.17, 15) is 4.79 Å². The van der Waals surface area contributed by atoms with Crippen molar-refractivity contribution in [3.8, 4) is 11.5 Å². The summed E-state index contributed by atoms with van der Waals surface area (Å²) >= 11 is 19.0. The van der Waals surface area contributed by atoms with Crippen molar-refractivity contribution in [2.24, 2.45) is 5.73 Å². The fraction of sp³-hybridized carbons (Fsp3) is 0.536. The molecule has 0 aliphatic carbocycles. The van der Waals surface area contributed by atoms with Crippen LogP contribution in [0.4, 0.5) is 5.69 Å². The van der Waals surface area contributed by atoms with Gasteiger partial charge in [0, 0.05) is 60.3 Å². The first-order valence-corrected chi connectivity index (χ1v) is 16.1. The maximum absolute atomic E-state index is 13.1. The quantitative estimate of drug-likeness (QED) is 0.184. The van der Waals surface area contributed by atoms with Gasteiger partial charge in [0.15, 0.2) is 5.75 Å². The van der Waals surface area contributed by atoms with Crippen molar-refractivity contribution in [1.29, 1.82) is 0 Å². The van der Waals surface area contributed by atoms with E-state index in [1.54, 1.807) is 18.2 Å². The molecule has 2 saturated heterocycles. The number of rotatable bonds is 10. The van der Waals surface area contributed by atoms with Crippen LogP contribution >= 0.6 is 58.6 Å². The molecule has 0 bridgehead atoms. The number of thiol groups is 1. The first-order valence-electron chi connectivity index (χ1n) is 13.5. The van der Waals surface area contributed by atoms with Gasteiger partial charge in [-0.1, -0.05) is 58.6 Å². The predicted octanol–water partition coefficient (Wildman–Crippen LogP) is 5.84. The Bertz CT molecular complexity index is 1020. The summed E-state index contributed by atoms with van der Waals surface area (Å²) < 4.78 is 8.98. The van der Waals surface area contributed by atoms with E-state index >= 15 is 0 Å². The molecule has 0 unspecified atom stereocenters. The number of benzene rings is 2. The average molecular weight is 709 g/mol. The first kappa shape index (κ1) is 32.6. The minimum atomic E-state index is 0.0832. The third-order valence-corrected chi connectivity index (χ3v) is 8.38. The number of carbonyl (C=O) groups is 1. The number of likely N-dealkylation sites (tertiary alicyclic amines) is 1. The van der Waals surface area contributed by atoms with E-state index in [4.69, 9.17) is 33.7 Å². The molecule has 0 aromatic heterocycles. The van der Waals surface area contributed by atoms with Crippen LogP contribution in [-0.4, -0.2) is 89.9 Å². The van der Waals surface area contributed by atoms with Crippen LogP contribution in [0.5, 0.6) is 11.5 Å². The smallest absolute Gasteiger partial charge is 0.242 e. The van der Waals surface area contributed by atoms with Crippen LogP contribution in [0.3, 0.4) is 0 Å². The monoisotopic (exact) mass is 707 g/mol. The standard InChI is InChI=1S/C22H26Cl2IN3O2S.C6H14N2/c1-26(18-8-11-28(31)12-9-18)22(29)15-27(13-10-25)20-14-17(24)4-7-21(20)30-19-5-2-16(23)3-6-19;7-3-6-8-4-1-2-5-8/h2-7,14,18,31H,8-13,15H2,1H3;1-7H2. The van der Waals surface area contributed by atoms with Crippen LogP contribution in [0.1, 0.15) is 25.7 Å². The number of likely N-dealkylation sites (N-methyl/N-ethyl adjacent to an activating group) is 1. The van der Waals surface area contributed by atoms with E-state index < -0.39 is 0 Å². The maximum atomic E-state index is 13.1. The highest BCUT2D eigenvalue weighted by molar-refractivity contribution is 14.1. The van der Waals surface area contributed by atoms with E-state index in [0.717, 1.165) is 49.1 Å². The van der Waals surface area contributed by atoms with Gasteiger partial charge in [0.1, 0.15) is 5.75 Å². The Morgan fingerprint density at radius 3 is 2.33 bits per heavy atom. The summed E-state index contributed by atoms with van der Waals surface area (Å²) in [6.07, 6.45) is 4.61. The molecule has 216 valence electrons. The summed E-state index contributed by atoms with van der Waals surface area (Å²) in [6, 6.07) is 12.9. The molecule has 2 aliphatic heterocycles. The van der Waals surface area contributed by atoms with Crippen molar-refractivity contribution in [3.05, 3.63) is 52.5 Å². The number of nitrogens with two attached hydrogens (primary N) is 1. The van der Waals surface area contributed by atoms with Crippen LogP contribution in [0.25, 0.3) is 0 Å². The van der Waals surface area contributed by atoms with Gasteiger partial charge < -0.3 is 25.2 Å². The van der Waals surface area contributed by atoms with Crippen LogP contribution in [0.2, 0.25) is 10.0 Å². The number of hydrogen-bond acceptors (Lipinski definition) is 7. The molecule has 2 aliphatic rings. The number of carbonyl (C=O) groups excluding carboxylic acids is 1. The second-order valence-corrected chi connectivity index (χ2v) is 12.3. The lowest BCUT2D eigenvalue weighted by atomic mass is 10.1. The van der Waals surface area contributed by atoms with E-state index in [1.807, 2.05) is 45.4 Å². The zero-order valence-electron chi connectivity index (χ0n) is 22.6. The van der Waals surface area contributed by atoms with Crippen molar-refractivity contribution in [2.75, 3.05) is 68.7 Å². The fourth-order valence-corrected chi connectivity index (χ4v) is 5.85. The van der Waals surface area contributed by atoms with E-state index in [0.29, 0.717) is 28.1 Å². The van der Waals surface area contributed by atoms with Crippen molar-refractivity contribution < 1.29 is 9.53 Å². The third-order valence-electron chi connectivity index (χ3n) is 7.01. The van der Waals surface area contributed by atoms with Gasteiger partial charge in [0.25, 0.3) is 0 Å². The second kappa shape index (κ2) is 17.1. The summed E-state index contributed by atoms with van der Waals surface area (Å²) in [7, 11) is 1.90. The molecule has 0 spiro atoms. The Kier molecular flexibility index (Phi) is 14.3. The molecular formula is C28H40Cl2IN5O2S. The Balaban J connectivity index is 0.000000449. The number of halogens is 3. The molecule has 0 atom stereocenters. The Hall–Kier alpha value is -0.950.